The summed E-state index contributed by atoms with van der Waals surface area (Å²) in [6, 6.07) is 3.60. The Balaban J connectivity index is 2.18. The number of aromatic amines is 1. The average Bonchev–Trinajstić information content (AvgIpc) is 2.85. The number of carbonyl (C=O) groups excluding carboxylic acids is 1. The summed E-state index contributed by atoms with van der Waals surface area (Å²) in [7, 11) is 1.38. The molecule has 0 aliphatic heterocycles. The van der Waals surface area contributed by atoms with Crippen molar-refractivity contribution in [1.29, 1.82) is 0 Å². The lowest BCUT2D eigenvalue weighted by Gasteiger charge is -2.03. The first-order valence-corrected chi connectivity index (χ1v) is 5.60. The SMILES string of the molecule is COc1n[nH]c(NC(=O)c2ccc([N+](=O)[O-])cc2Cl)n1. The van der Waals surface area contributed by atoms with Gasteiger partial charge in [0.05, 0.1) is 22.6 Å². The summed E-state index contributed by atoms with van der Waals surface area (Å²) in [5.74, 6) is -0.509. The minimum absolute atomic E-state index is 0.0387. The van der Waals surface area contributed by atoms with Crippen LogP contribution >= 0.6 is 11.6 Å². The number of benzene rings is 1. The van der Waals surface area contributed by atoms with Crippen molar-refractivity contribution in [2.45, 2.75) is 0 Å². The molecule has 1 aromatic carbocycles. The number of nitrogens with zero attached hydrogens (tertiary/aromatic N) is 3. The Kier molecular flexibility index (Phi) is 3.80. The number of anilines is 1. The lowest BCUT2D eigenvalue weighted by atomic mass is 10.2. The first-order valence-electron chi connectivity index (χ1n) is 5.23. The monoisotopic (exact) mass is 297 g/mol. The number of methoxy groups -OCH3 is 1. The van der Waals surface area contributed by atoms with Gasteiger partial charge in [-0.1, -0.05) is 11.6 Å². The molecule has 0 spiro atoms. The van der Waals surface area contributed by atoms with Gasteiger partial charge in [0.2, 0.25) is 5.95 Å². The van der Waals surface area contributed by atoms with E-state index in [-0.39, 0.29) is 28.2 Å². The molecule has 0 bridgehead atoms. The molecular weight excluding hydrogens is 290 g/mol. The number of rotatable bonds is 4. The van der Waals surface area contributed by atoms with Crippen LogP contribution in [0.2, 0.25) is 5.02 Å². The zero-order chi connectivity index (χ0) is 14.7. The Hall–Kier alpha value is -2.68. The van der Waals surface area contributed by atoms with Crippen LogP contribution in [0.15, 0.2) is 18.2 Å². The highest BCUT2D eigenvalue weighted by Gasteiger charge is 2.16. The van der Waals surface area contributed by atoms with E-state index in [0.29, 0.717) is 0 Å². The number of amides is 1. The Morgan fingerprint density at radius 3 is 2.85 bits per heavy atom. The van der Waals surface area contributed by atoms with Crippen molar-refractivity contribution in [1.82, 2.24) is 15.2 Å². The van der Waals surface area contributed by atoms with Crippen LogP contribution in [0.3, 0.4) is 0 Å². The van der Waals surface area contributed by atoms with Gasteiger partial charge in [-0.25, -0.2) is 5.10 Å². The number of hydrogen-bond donors (Lipinski definition) is 2. The molecule has 0 aliphatic carbocycles. The Labute approximate surface area is 117 Å². The summed E-state index contributed by atoms with van der Waals surface area (Å²) >= 11 is 5.83. The molecule has 0 saturated carbocycles. The van der Waals surface area contributed by atoms with Crippen molar-refractivity contribution in [3.8, 4) is 6.01 Å². The number of nitrogens with one attached hydrogen (secondary N) is 2. The molecule has 0 aliphatic rings. The molecule has 2 rings (SSSR count). The maximum Gasteiger partial charge on any atom is 0.336 e. The molecule has 9 nitrogen and oxygen atoms in total. The number of carbonyl (C=O) groups is 1. The van der Waals surface area contributed by atoms with Gasteiger partial charge in [0.25, 0.3) is 11.6 Å². The van der Waals surface area contributed by atoms with Crippen molar-refractivity contribution < 1.29 is 14.5 Å². The molecule has 1 heterocycles. The first-order chi connectivity index (χ1) is 9.51. The van der Waals surface area contributed by atoms with Crippen LogP contribution in [-0.4, -0.2) is 33.1 Å². The van der Waals surface area contributed by atoms with Crippen LogP contribution in [0.4, 0.5) is 11.6 Å². The summed E-state index contributed by atoms with van der Waals surface area (Å²) in [4.78, 5) is 25.7. The van der Waals surface area contributed by atoms with Crippen LogP contribution < -0.4 is 10.1 Å². The number of halogens is 1. The standard InChI is InChI=1S/C10H8ClN5O4/c1-20-10-13-9(14-15-10)12-8(17)6-3-2-5(16(18)19)4-7(6)11/h2-4H,1H3,(H2,12,13,14,15,17). The van der Waals surface area contributed by atoms with Crippen molar-refractivity contribution in [2.75, 3.05) is 12.4 Å². The van der Waals surface area contributed by atoms with Crippen molar-refractivity contribution in [3.05, 3.63) is 38.9 Å². The molecule has 1 aromatic heterocycles. The number of H-pyrrole nitrogens is 1. The summed E-state index contributed by atoms with van der Waals surface area (Å²) in [6.07, 6.45) is 0. The highest BCUT2D eigenvalue weighted by atomic mass is 35.5. The third-order valence-corrected chi connectivity index (χ3v) is 2.60. The maximum atomic E-state index is 11.9. The molecule has 1 amide bonds. The fourth-order valence-corrected chi connectivity index (χ4v) is 1.63. The van der Waals surface area contributed by atoms with E-state index in [1.54, 1.807) is 0 Å². The second kappa shape index (κ2) is 5.53. The Bertz CT molecular complexity index is 671. The molecule has 2 aromatic rings. The van der Waals surface area contributed by atoms with Gasteiger partial charge in [0, 0.05) is 12.1 Å². The van der Waals surface area contributed by atoms with Crippen LogP contribution in [-0.2, 0) is 0 Å². The fraction of sp³-hybridized carbons (Fsp3) is 0.100. The topological polar surface area (TPSA) is 123 Å². The molecular formula is C10H8ClN5O4. The lowest BCUT2D eigenvalue weighted by molar-refractivity contribution is -0.384. The lowest BCUT2D eigenvalue weighted by Crippen LogP contribution is -2.13. The number of nitro groups is 1. The number of non-ortho nitro benzene ring substituents is 1. The number of hydrogen-bond acceptors (Lipinski definition) is 6. The molecule has 0 fully saturated rings. The Morgan fingerprint density at radius 2 is 2.30 bits per heavy atom. The quantitative estimate of drug-likeness (QED) is 0.653. The second-order valence-corrected chi connectivity index (χ2v) is 3.95. The third kappa shape index (κ3) is 2.83. The molecule has 20 heavy (non-hydrogen) atoms. The summed E-state index contributed by atoms with van der Waals surface area (Å²) in [5.41, 5.74) is -0.125. The molecule has 0 atom stereocenters. The van der Waals surface area contributed by atoms with Gasteiger partial charge in [-0.2, -0.15) is 4.98 Å². The largest absolute Gasteiger partial charge is 0.466 e. The summed E-state index contributed by atoms with van der Waals surface area (Å²) in [6.45, 7) is 0. The van der Waals surface area contributed by atoms with Crippen molar-refractivity contribution in [3.63, 3.8) is 0 Å². The maximum absolute atomic E-state index is 11.9. The van der Waals surface area contributed by atoms with E-state index in [2.05, 4.69) is 20.5 Å². The summed E-state index contributed by atoms with van der Waals surface area (Å²) < 4.78 is 4.74. The highest BCUT2D eigenvalue weighted by molar-refractivity contribution is 6.34. The third-order valence-electron chi connectivity index (χ3n) is 2.29. The van der Waals surface area contributed by atoms with Gasteiger partial charge in [0.1, 0.15) is 0 Å². The number of nitro benzene ring substituents is 1. The zero-order valence-corrected chi connectivity index (χ0v) is 10.8. The van der Waals surface area contributed by atoms with E-state index in [9.17, 15) is 14.9 Å². The predicted octanol–water partition coefficient (Wildman–Crippen LogP) is 1.63. The predicted molar refractivity (Wildman–Crippen MR) is 69.0 cm³/mol. The van der Waals surface area contributed by atoms with Crippen molar-refractivity contribution in [2.24, 2.45) is 0 Å². The van der Waals surface area contributed by atoms with E-state index in [1.807, 2.05) is 0 Å². The van der Waals surface area contributed by atoms with E-state index in [0.717, 1.165) is 6.07 Å². The van der Waals surface area contributed by atoms with E-state index < -0.39 is 10.8 Å². The van der Waals surface area contributed by atoms with E-state index >= 15 is 0 Å². The normalized spacial score (nSPS) is 10.1. The number of ether oxygens (including phenoxy) is 1. The second-order valence-electron chi connectivity index (χ2n) is 3.55. The van der Waals surface area contributed by atoms with Crippen LogP contribution in [0.5, 0.6) is 6.01 Å². The van der Waals surface area contributed by atoms with Crippen molar-refractivity contribution >= 4 is 29.1 Å². The van der Waals surface area contributed by atoms with Gasteiger partial charge < -0.3 is 4.74 Å². The number of aromatic nitrogens is 3. The molecule has 0 unspecified atom stereocenters. The molecule has 2 N–H and O–H groups in total. The molecule has 0 radical (unpaired) electrons. The van der Waals surface area contributed by atoms with Gasteiger partial charge in [-0.15, -0.1) is 5.10 Å². The van der Waals surface area contributed by atoms with E-state index in [1.165, 1.54) is 19.2 Å². The molecule has 104 valence electrons. The minimum atomic E-state index is -0.602. The molecule has 10 heteroatoms. The van der Waals surface area contributed by atoms with Crippen LogP contribution in [0.25, 0.3) is 0 Å². The van der Waals surface area contributed by atoms with Crippen LogP contribution in [0, 0.1) is 10.1 Å². The average molecular weight is 298 g/mol. The van der Waals surface area contributed by atoms with Crippen LogP contribution in [0.1, 0.15) is 10.4 Å². The fourth-order valence-electron chi connectivity index (χ4n) is 1.37. The smallest absolute Gasteiger partial charge is 0.336 e. The highest BCUT2D eigenvalue weighted by Crippen LogP contribution is 2.23. The first kappa shape index (κ1) is 13.7. The zero-order valence-electron chi connectivity index (χ0n) is 10.1. The van der Waals surface area contributed by atoms with E-state index in [4.69, 9.17) is 16.3 Å². The molecule has 0 saturated heterocycles. The summed E-state index contributed by atoms with van der Waals surface area (Å²) in [5, 5.41) is 19.0. The minimum Gasteiger partial charge on any atom is -0.466 e. The van der Waals surface area contributed by atoms with Gasteiger partial charge in [0.15, 0.2) is 0 Å². The van der Waals surface area contributed by atoms with Gasteiger partial charge >= 0.3 is 6.01 Å². The van der Waals surface area contributed by atoms with Gasteiger partial charge in [-0.05, 0) is 6.07 Å². The Morgan fingerprint density at radius 1 is 1.55 bits per heavy atom. The van der Waals surface area contributed by atoms with Gasteiger partial charge in [-0.3, -0.25) is 20.2 Å².